The van der Waals surface area contributed by atoms with Crippen LogP contribution in [-0.2, 0) is 4.74 Å². The maximum absolute atomic E-state index is 5.77. The van der Waals surface area contributed by atoms with Crippen LogP contribution in [0.15, 0.2) is 6.07 Å². The van der Waals surface area contributed by atoms with E-state index in [-0.39, 0.29) is 6.04 Å². The number of aryl methyl sites for hydroxylation is 1. The SMILES string of the molecule is CCCOc1cc(C)nc(NC(CCCl)COC)n1. The van der Waals surface area contributed by atoms with Gasteiger partial charge < -0.3 is 14.8 Å². The number of nitrogens with one attached hydrogen (secondary N) is 1. The monoisotopic (exact) mass is 287 g/mol. The van der Waals surface area contributed by atoms with Crippen LogP contribution in [0.1, 0.15) is 25.5 Å². The summed E-state index contributed by atoms with van der Waals surface area (Å²) in [7, 11) is 1.66. The van der Waals surface area contributed by atoms with Gasteiger partial charge in [-0.05, 0) is 19.8 Å². The Balaban J connectivity index is 2.72. The number of hydrogen-bond acceptors (Lipinski definition) is 5. The van der Waals surface area contributed by atoms with Gasteiger partial charge in [-0.2, -0.15) is 4.98 Å². The van der Waals surface area contributed by atoms with E-state index in [0.717, 1.165) is 18.5 Å². The van der Waals surface area contributed by atoms with E-state index in [1.807, 2.05) is 13.0 Å². The third-order valence-corrected chi connectivity index (χ3v) is 2.66. The van der Waals surface area contributed by atoms with Gasteiger partial charge >= 0.3 is 0 Å². The summed E-state index contributed by atoms with van der Waals surface area (Å²) in [5.74, 6) is 1.71. The number of nitrogens with zero attached hydrogens (tertiary/aromatic N) is 2. The van der Waals surface area contributed by atoms with Gasteiger partial charge in [0.15, 0.2) is 0 Å². The Kier molecular flexibility index (Phi) is 7.52. The molecule has 1 heterocycles. The van der Waals surface area contributed by atoms with E-state index < -0.39 is 0 Å². The van der Waals surface area contributed by atoms with Gasteiger partial charge in [0.05, 0.1) is 19.3 Å². The summed E-state index contributed by atoms with van der Waals surface area (Å²) in [6, 6.07) is 1.93. The second kappa shape index (κ2) is 8.93. The Hall–Kier alpha value is -1.07. The molecule has 5 nitrogen and oxygen atoms in total. The highest BCUT2D eigenvalue weighted by Gasteiger charge is 2.11. The minimum atomic E-state index is 0.100. The highest BCUT2D eigenvalue weighted by molar-refractivity contribution is 6.17. The molecule has 1 aromatic heterocycles. The van der Waals surface area contributed by atoms with Gasteiger partial charge in [0.2, 0.25) is 11.8 Å². The molecule has 1 unspecified atom stereocenters. The maximum Gasteiger partial charge on any atom is 0.226 e. The Morgan fingerprint density at radius 1 is 1.42 bits per heavy atom. The van der Waals surface area contributed by atoms with E-state index in [1.54, 1.807) is 7.11 Å². The summed E-state index contributed by atoms with van der Waals surface area (Å²) in [6.45, 7) is 5.19. The molecule has 0 aromatic carbocycles. The predicted octanol–water partition coefficient (Wildman–Crippen LogP) is 2.63. The van der Waals surface area contributed by atoms with Gasteiger partial charge in [-0.25, -0.2) is 4.98 Å². The zero-order chi connectivity index (χ0) is 14.1. The van der Waals surface area contributed by atoms with Crippen LogP contribution in [0.25, 0.3) is 0 Å². The summed E-state index contributed by atoms with van der Waals surface area (Å²) < 4.78 is 10.7. The molecule has 0 fully saturated rings. The second-order valence-electron chi connectivity index (χ2n) is 4.29. The molecule has 0 aliphatic rings. The van der Waals surface area contributed by atoms with E-state index in [2.05, 4.69) is 22.2 Å². The average Bonchev–Trinajstić information content (AvgIpc) is 2.36. The fraction of sp³-hybridized carbons (Fsp3) is 0.692. The van der Waals surface area contributed by atoms with Gasteiger partial charge in [-0.1, -0.05) is 6.92 Å². The van der Waals surface area contributed by atoms with Gasteiger partial charge in [0.1, 0.15) is 0 Å². The lowest BCUT2D eigenvalue weighted by Crippen LogP contribution is -2.26. The molecular weight excluding hydrogens is 266 g/mol. The Labute approximate surface area is 119 Å². The fourth-order valence-electron chi connectivity index (χ4n) is 1.60. The van der Waals surface area contributed by atoms with E-state index in [1.165, 1.54) is 0 Å². The van der Waals surface area contributed by atoms with Crippen molar-refractivity contribution in [2.45, 2.75) is 32.7 Å². The highest BCUT2D eigenvalue weighted by atomic mass is 35.5. The van der Waals surface area contributed by atoms with Crippen LogP contribution < -0.4 is 10.1 Å². The maximum atomic E-state index is 5.77. The molecule has 0 saturated heterocycles. The Morgan fingerprint density at radius 2 is 2.21 bits per heavy atom. The molecule has 0 aliphatic carbocycles. The van der Waals surface area contributed by atoms with Crippen molar-refractivity contribution in [2.75, 3.05) is 31.5 Å². The van der Waals surface area contributed by atoms with Crippen molar-refractivity contribution in [2.24, 2.45) is 0 Å². The van der Waals surface area contributed by atoms with E-state index in [9.17, 15) is 0 Å². The van der Waals surface area contributed by atoms with Crippen LogP contribution in [0.5, 0.6) is 5.88 Å². The number of hydrogen-bond donors (Lipinski definition) is 1. The van der Waals surface area contributed by atoms with Gasteiger partial charge in [-0.15, -0.1) is 11.6 Å². The van der Waals surface area contributed by atoms with Crippen LogP contribution in [0, 0.1) is 6.92 Å². The quantitative estimate of drug-likeness (QED) is 0.708. The molecule has 0 saturated carbocycles. The number of aromatic nitrogens is 2. The zero-order valence-electron chi connectivity index (χ0n) is 11.8. The van der Waals surface area contributed by atoms with Crippen molar-refractivity contribution in [1.29, 1.82) is 0 Å². The zero-order valence-corrected chi connectivity index (χ0v) is 12.5. The van der Waals surface area contributed by atoms with Crippen LogP contribution in [0.3, 0.4) is 0 Å². The number of anilines is 1. The molecule has 1 N–H and O–H groups in total. The van der Waals surface area contributed by atoms with Gasteiger partial charge in [0, 0.05) is 24.8 Å². The minimum Gasteiger partial charge on any atom is -0.478 e. The van der Waals surface area contributed by atoms with Crippen LogP contribution in [-0.4, -0.2) is 42.2 Å². The van der Waals surface area contributed by atoms with E-state index in [4.69, 9.17) is 21.1 Å². The summed E-state index contributed by atoms with van der Waals surface area (Å²) in [5, 5.41) is 3.23. The molecule has 0 aliphatic heterocycles. The molecule has 0 amide bonds. The molecule has 0 radical (unpaired) electrons. The fourth-order valence-corrected chi connectivity index (χ4v) is 1.86. The third kappa shape index (κ3) is 6.07. The first kappa shape index (κ1) is 16.0. The van der Waals surface area contributed by atoms with Crippen LogP contribution >= 0.6 is 11.6 Å². The Morgan fingerprint density at radius 3 is 2.84 bits per heavy atom. The van der Waals surface area contributed by atoms with Crippen molar-refractivity contribution in [3.63, 3.8) is 0 Å². The molecule has 6 heteroatoms. The molecular formula is C13H22ClN3O2. The summed E-state index contributed by atoms with van der Waals surface area (Å²) in [5.41, 5.74) is 0.866. The lowest BCUT2D eigenvalue weighted by atomic mass is 10.2. The summed E-state index contributed by atoms with van der Waals surface area (Å²) >= 11 is 5.77. The lowest BCUT2D eigenvalue weighted by molar-refractivity contribution is 0.184. The number of rotatable bonds is 9. The first-order valence-corrected chi connectivity index (χ1v) is 7.03. The first-order chi connectivity index (χ1) is 9.19. The van der Waals surface area contributed by atoms with Crippen molar-refractivity contribution < 1.29 is 9.47 Å². The average molecular weight is 288 g/mol. The summed E-state index contributed by atoms with van der Waals surface area (Å²) in [4.78, 5) is 8.68. The number of alkyl halides is 1. The molecule has 19 heavy (non-hydrogen) atoms. The summed E-state index contributed by atoms with van der Waals surface area (Å²) in [6.07, 6.45) is 1.74. The standard InChI is InChI=1S/C13H22ClN3O2/c1-4-7-19-12-8-10(2)15-13(17-12)16-11(5-6-14)9-18-3/h8,11H,4-7,9H2,1-3H3,(H,15,16,17). The number of halogens is 1. The number of methoxy groups -OCH3 is 1. The van der Waals surface area contributed by atoms with Crippen LogP contribution in [0.4, 0.5) is 5.95 Å². The molecule has 1 atom stereocenters. The van der Waals surface area contributed by atoms with E-state index in [0.29, 0.717) is 30.9 Å². The second-order valence-corrected chi connectivity index (χ2v) is 4.67. The largest absolute Gasteiger partial charge is 0.478 e. The molecule has 0 spiro atoms. The van der Waals surface area contributed by atoms with E-state index >= 15 is 0 Å². The normalized spacial score (nSPS) is 12.2. The Bertz CT molecular complexity index is 371. The van der Waals surface area contributed by atoms with Crippen LogP contribution in [0.2, 0.25) is 0 Å². The van der Waals surface area contributed by atoms with Crippen molar-refractivity contribution >= 4 is 17.5 Å². The first-order valence-electron chi connectivity index (χ1n) is 6.49. The van der Waals surface area contributed by atoms with Gasteiger partial charge in [0.25, 0.3) is 0 Å². The predicted molar refractivity (Wildman–Crippen MR) is 77.2 cm³/mol. The van der Waals surface area contributed by atoms with Gasteiger partial charge in [-0.3, -0.25) is 0 Å². The lowest BCUT2D eigenvalue weighted by Gasteiger charge is -2.17. The molecule has 0 bridgehead atoms. The molecule has 1 rings (SSSR count). The third-order valence-electron chi connectivity index (χ3n) is 2.44. The minimum absolute atomic E-state index is 0.100. The van der Waals surface area contributed by atoms with Crippen molar-refractivity contribution in [1.82, 2.24) is 9.97 Å². The molecule has 1 aromatic rings. The molecule has 108 valence electrons. The smallest absolute Gasteiger partial charge is 0.226 e. The highest BCUT2D eigenvalue weighted by Crippen LogP contribution is 2.14. The topological polar surface area (TPSA) is 56.3 Å². The number of ether oxygens (including phenoxy) is 2. The van der Waals surface area contributed by atoms with Crippen molar-refractivity contribution in [3.05, 3.63) is 11.8 Å². The van der Waals surface area contributed by atoms with Crippen molar-refractivity contribution in [3.8, 4) is 5.88 Å².